The smallest absolute Gasteiger partial charge is 0.307 e. The Hall–Kier alpha value is -1.56. The van der Waals surface area contributed by atoms with Crippen molar-refractivity contribution in [1.29, 1.82) is 0 Å². The van der Waals surface area contributed by atoms with Crippen LogP contribution in [0.2, 0.25) is 0 Å². The van der Waals surface area contributed by atoms with Crippen molar-refractivity contribution in [2.45, 2.75) is 25.5 Å². The van der Waals surface area contributed by atoms with E-state index in [1.165, 1.54) is 0 Å². The number of sulfonamides is 1. The standard InChI is InChI=1S/C11H16N2O3S/c1-3-9(2)17(15,16)13-11(14)12-10-7-5-4-6-8-10/h4-9H,3H2,1-2H3,(H2,12,13,14). The van der Waals surface area contributed by atoms with Crippen LogP contribution in [0.25, 0.3) is 0 Å². The summed E-state index contributed by atoms with van der Waals surface area (Å²) in [6.07, 6.45) is 0.452. The number of carbonyl (C=O) groups excluding carboxylic acids is 1. The van der Waals surface area contributed by atoms with Gasteiger partial charge < -0.3 is 5.32 Å². The van der Waals surface area contributed by atoms with Gasteiger partial charge in [0.2, 0.25) is 10.0 Å². The fourth-order valence-electron chi connectivity index (χ4n) is 1.13. The minimum atomic E-state index is -3.59. The van der Waals surface area contributed by atoms with Crippen molar-refractivity contribution in [3.63, 3.8) is 0 Å². The zero-order valence-electron chi connectivity index (χ0n) is 9.80. The first kappa shape index (κ1) is 13.5. The highest BCUT2D eigenvalue weighted by Crippen LogP contribution is 2.06. The fourth-order valence-corrected chi connectivity index (χ4v) is 2.08. The summed E-state index contributed by atoms with van der Waals surface area (Å²) in [5.74, 6) is 0. The maximum absolute atomic E-state index is 11.6. The van der Waals surface area contributed by atoms with E-state index in [1.807, 2.05) is 4.72 Å². The highest BCUT2D eigenvalue weighted by Gasteiger charge is 2.21. The molecule has 1 unspecified atom stereocenters. The molecule has 0 aliphatic carbocycles. The van der Waals surface area contributed by atoms with Gasteiger partial charge in [-0.25, -0.2) is 17.9 Å². The van der Waals surface area contributed by atoms with E-state index in [4.69, 9.17) is 0 Å². The number of hydrogen-bond donors (Lipinski definition) is 2. The van der Waals surface area contributed by atoms with E-state index < -0.39 is 21.3 Å². The van der Waals surface area contributed by atoms with Crippen molar-refractivity contribution in [1.82, 2.24) is 4.72 Å². The van der Waals surface area contributed by atoms with Crippen molar-refractivity contribution in [2.24, 2.45) is 0 Å². The Morgan fingerprint density at radius 1 is 1.29 bits per heavy atom. The summed E-state index contributed by atoms with van der Waals surface area (Å²) in [4.78, 5) is 11.4. The van der Waals surface area contributed by atoms with Crippen LogP contribution >= 0.6 is 0 Å². The summed E-state index contributed by atoms with van der Waals surface area (Å²) in [5, 5.41) is 1.85. The van der Waals surface area contributed by atoms with Crippen LogP contribution in [0.15, 0.2) is 30.3 Å². The number of rotatable bonds is 4. The summed E-state index contributed by atoms with van der Waals surface area (Å²) in [6, 6.07) is 7.91. The molecule has 2 amide bonds. The topological polar surface area (TPSA) is 75.3 Å². The second kappa shape index (κ2) is 5.67. The van der Waals surface area contributed by atoms with Crippen molar-refractivity contribution in [2.75, 3.05) is 5.32 Å². The molecule has 6 heteroatoms. The van der Waals surface area contributed by atoms with Gasteiger partial charge in [0.25, 0.3) is 0 Å². The van der Waals surface area contributed by atoms with E-state index in [0.29, 0.717) is 12.1 Å². The molecule has 17 heavy (non-hydrogen) atoms. The summed E-state index contributed by atoms with van der Waals surface area (Å²) in [5.41, 5.74) is 0.546. The molecule has 1 aromatic carbocycles. The maximum Gasteiger partial charge on any atom is 0.332 e. The van der Waals surface area contributed by atoms with Gasteiger partial charge in [-0.3, -0.25) is 0 Å². The van der Waals surface area contributed by atoms with Crippen LogP contribution in [0, 0.1) is 0 Å². The van der Waals surface area contributed by atoms with E-state index in [0.717, 1.165) is 0 Å². The van der Waals surface area contributed by atoms with Gasteiger partial charge in [-0.2, -0.15) is 0 Å². The van der Waals surface area contributed by atoms with Crippen LogP contribution in [0.3, 0.4) is 0 Å². The van der Waals surface area contributed by atoms with Crippen LogP contribution in [-0.2, 0) is 10.0 Å². The number of anilines is 1. The molecule has 0 bridgehead atoms. The molecule has 1 rings (SSSR count). The Kier molecular flexibility index (Phi) is 4.51. The van der Waals surface area contributed by atoms with Crippen molar-refractivity contribution >= 4 is 21.7 Å². The lowest BCUT2D eigenvalue weighted by atomic mass is 10.3. The molecule has 1 atom stereocenters. The van der Waals surface area contributed by atoms with E-state index in [2.05, 4.69) is 5.32 Å². The van der Waals surface area contributed by atoms with Crippen LogP contribution in [-0.4, -0.2) is 19.7 Å². The average Bonchev–Trinajstić information content (AvgIpc) is 2.28. The lowest BCUT2D eigenvalue weighted by molar-refractivity contribution is 0.256. The molecular weight excluding hydrogens is 240 g/mol. The van der Waals surface area contributed by atoms with Gasteiger partial charge in [0.15, 0.2) is 0 Å². The van der Waals surface area contributed by atoms with Crippen LogP contribution in [0.4, 0.5) is 10.5 Å². The number of benzene rings is 1. The van der Waals surface area contributed by atoms with E-state index in [-0.39, 0.29) is 0 Å². The van der Waals surface area contributed by atoms with Crippen molar-refractivity contribution in [3.8, 4) is 0 Å². The Balaban J connectivity index is 2.62. The van der Waals surface area contributed by atoms with Gasteiger partial charge in [0.1, 0.15) is 0 Å². The monoisotopic (exact) mass is 256 g/mol. The van der Waals surface area contributed by atoms with E-state index >= 15 is 0 Å². The molecule has 0 saturated carbocycles. The number of hydrogen-bond acceptors (Lipinski definition) is 3. The van der Waals surface area contributed by atoms with E-state index in [9.17, 15) is 13.2 Å². The van der Waals surface area contributed by atoms with Crippen molar-refractivity contribution < 1.29 is 13.2 Å². The Morgan fingerprint density at radius 2 is 1.88 bits per heavy atom. The summed E-state index contributed by atoms with van der Waals surface area (Å²) < 4.78 is 25.2. The summed E-state index contributed by atoms with van der Waals surface area (Å²) >= 11 is 0. The quantitative estimate of drug-likeness (QED) is 0.864. The van der Waals surface area contributed by atoms with Crippen LogP contribution in [0.5, 0.6) is 0 Å². The summed E-state index contributed by atoms with van der Waals surface area (Å²) in [6.45, 7) is 3.30. The van der Waals surface area contributed by atoms with Gasteiger partial charge >= 0.3 is 6.03 Å². The largest absolute Gasteiger partial charge is 0.332 e. The predicted molar refractivity (Wildman–Crippen MR) is 67.3 cm³/mol. The molecule has 0 aliphatic rings. The van der Waals surface area contributed by atoms with Gasteiger partial charge in [-0.05, 0) is 25.5 Å². The summed E-state index contributed by atoms with van der Waals surface area (Å²) in [7, 11) is -3.59. The van der Waals surface area contributed by atoms with Gasteiger partial charge in [-0.15, -0.1) is 0 Å². The normalized spacial score (nSPS) is 12.8. The Morgan fingerprint density at radius 3 is 2.41 bits per heavy atom. The molecule has 94 valence electrons. The predicted octanol–water partition coefficient (Wildman–Crippen LogP) is 1.94. The number of carbonyl (C=O) groups is 1. The average molecular weight is 256 g/mol. The molecule has 0 spiro atoms. The van der Waals surface area contributed by atoms with Crippen LogP contribution < -0.4 is 10.0 Å². The molecule has 0 aromatic heterocycles. The molecule has 5 nitrogen and oxygen atoms in total. The Labute approximate surface area is 101 Å². The first-order valence-electron chi connectivity index (χ1n) is 5.33. The van der Waals surface area contributed by atoms with E-state index in [1.54, 1.807) is 44.2 Å². The SMILES string of the molecule is CCC(C)S(=O)(=O)NC(=O)Nc1ccccc1. The highest BCUT2D eigenvalue weighted by atomic mass is 32.2. The Bertz CT molecular complexity index is 471. The molecule has 0 heterocycles. The lowest BCUT2D eigenvalue weighted by Crippen LogP contribution is -2.39. The zero-order chi connectivity index (χ0) is 12.9. The number of para-hydroxylation sites is 1. The van der Waals surface area contributed by atoms with Gasteiger partial charge in [0, 0.05) is 5.69 Å². The molecule has 1 aromatic rings. The molecule has 0 aliphatic heterocycles. The lowest BCUT2D eigenvalue weighted by Gasteiger charge is -2.12. The number of nitrogens with one attached hydrogen (secondary N) is 2. The third kappa shape index (κ3) is 4.07. The minimum Gasteiger partial charge on any atom is -0.307 e. The van der Waals surface area contributed by atoms with Crippen LogP contribution in [0.1, 0.15) is 20.3 Å². The minimum absolute atomic E-state index is 0.452. The second-order valence-corrected chi connectivity index (χ2v) is 5.78. The molecule has 0 radical (unpaired) electrons. The number of amides is 2. The third-order valence-electron chi connectivity index (χ3n) is 2.37. The van der Waals surface area contributed by atoms with Gasteiger partial charge in [-0.1, -0.05) is 25.1 Å². The molecular formula is C11H16N2O3S. The second-order valence-electron chi connectivity index (χ2n) is 3.69. The fraction of sp³-hybridized carbons (Fsp3) is 0.364. The highest BCUT2D eigenvalue weighted by molar-refractivity contribution is 7.90. The maximum atomic E-state index is 11.6. The van der Waals surface area contributed by atoms with Crippen molar-refractivity contribution in [3.05, 3.63) is 30.3 Å². The van der Waals surface area contributed by atoms with Gasteiger partial charge in [0.05, 0.1) is 5.25 Å². The number of urea groups is 1. The first-order chi connectivity index (χ1) is 7.95. The molecule has 2 N–H and O–H groups in total. The molecule has 0 saturated heterocycles. The zero-order valence-corrected chi connectivity index (χ0v) is 10.6. The third-order valence-corrected chi connectivity index (χ3v) is 4.23. The first-order valence-corrected chi connectivity index (χ1v) is 6.88. The molecule has 0 fully saturated rings.